The highest BCUT2D eigenvalue weighted by Gasteiger charge is 2.41. The molecule has 10 nitrogen and oxygen atoms in total. The summed E-state index contributed by atoms with van der Waals surface area (Å²) in [5.74, 6) is -0.787. The molecule has 2 unspecified atom stereocenters. The lowest BCUT2D eigenvalue weighted by Gasteiger charge is -2.34. The summed E-state index contributed by atoms with van der Waals surface area (Å²) in [6, 6.07) is 3.36. The Morgan fingerprint density at radius 3 is 2.52 bits per heavy atom. The topological polar surface area (TPSA) is 130 Å². The van der Waals surface area contributed by atoms with E-state index in [0.29, 0.717) is 36.4 Å². The zero-order valence-electron chi connectivity index (χ0n) is 25.4. The van der Waals surface area contributed by atoms with Gasteiger partial charge in [-0.05, 0) is 82.2 Å². The maximum atomic E-state index is 13.9. The SMILES string of the molecule is CN=C(C)C(C)=N/C(C)=C/COC(=O)C1CCCN1C(=O)C(NC(=O)/C=C/c1ccc(O)c(OC)c1)C1CCCCC1. The van der Waals surface area contributed by atoms with Crippen molar-refractivity contribution in [2.24, 2.45) is 15.9 Å². The molecular weight excluding hydrogens is 536 g/mol. The van der Waals surface area contributed by atoms with Crippen LogP contribution in [0.5, 0.6) is 11.5 Å². The number of carbonyl (C=O) groups is 3. The van der Waals surface area contributed by atoms with Gasteiger partial charge in [-0.2, -0.15) is 0 Å². The molecule has 0 aromatic heterocycles. The van der Waals surface area contributed by atoms with Gasteiger partial charge >= 0.3 is 5.97 Å². The minimum Gasteiger partial charge on any atom is -0.504 e. The molecule has 1 aromatic rings. The number of rotatable bonds is 11. The molecule has 2 amide bonds. The molecule has 2 aliphatic rings. The average molecular weight is 581 g/mol. The Kier molecular flexibility index (Phi) is 12.3. The summed E-state index contributed by atoms with van der Waals surface area (Å²) in [6.07, 6.45) is 10.7. The molecule has 1 aromatic carbocycles. The molecule has 1 saturated carbocycles. The molecule has 1 aliphatic carbocycles. The number of esters is 1. The lowest BCUT2D eigenvalue weighted by Crippen LogP contribution is -2.55. The van der Waals surface area contributed by atoms with E-state index in [1.165, 1.54) is 19.3 Å². The summed E-state index contributed by atoms with van der Waals surface area (Å²) < 4.78 is 10.7. The molecule has 2 N–H and O–H groups in total. The summed E-state index contributed by atoms with van der Waals surface area (Å²) >= 11 is 0. The summed E-state index contributed by atoms with van der Waals surface area (Å²) in [6.45, 7) is 6.07. The minimum absolute atomic E-state index is 0.00330. The van der Waals surface area contributed by atoms with Crippen molar-refractivity contribution in [2.45, 2.75) is 77.8 Å². The molecule has 1 aliphatic heterocycles. The van der Waals surface area contributed by atoms with Crippen LogP contribution in [0, 0.1) is 5.92 Å². The lowest BCUT2D eigenvalue weighted by molar-refractivity contribution is -0.153. The van der Waals surface area contributed by atoms with Crippen molar-refractivity contribution >= 4 is 35.3 Å². The van der Waals surface area contributed by atoms with E-state index < -0.39 is 24.0 Å². The Morgan fingerprint density at radius 2 is 1.83 bits per heavy atom. The van der Waals surface area contributed by atoms with Crippen LogP contribution in [0.15, 0.2) is 46.0 Å². The first-order valence-electron chi connectivity index (χ1n) is 14.6. The van der Waals surface area contributed by atoms with Crippen molar-refractivity contribution < 1.29 is 29.0 Å². The van der Waals surface area contributed by atoms with E-state index in [2.05, 4.69) is 15.3 Å². The second-order valence-electron chi connectivity index (χ2n) is 10.8. The van der Waals surface area contributed by atoms with Crippen molar-refractivity contribution in [3.05, 3.63) is 41.6 Å². The fourth-order valence-corrected chi connectivity index (χ4v) is 5.37. The predicted molar refractivity (Wildman–Crippen MR) is 164 cm³/mol. The Morgan fingerprint density at radius 1 is 1.10 bits per heavy atom. The van der Waals surface area contributed by atoms with Crippen molar-refractivity contribution in [1.29, 1.82) is 0 Å². The number of amides is 2. The van der Waals surface area contributed by atoms with Gasteiger partial charge in [0.15, 0.2) is 11.5 Å². The van der Waals surface area contributed by atoms with E-state index in [9.17, 15) is 19.5 Å². The van der Waals surface area contributed by atoms with Gasteiger partial charge < -0.3 is 24.8 Å². The number of hydrogen-bond acceptors (Lipinski definition) is 8. The van der Waals surface area contributed by atoms with Gasteiger partial charge in [-0.3, -0.25) is 19.6 Å². The van der Waals surface area contributed by atoms with Gasteiger partial charge in [0.1, 0.15) is 18.7 Å². The van der Waals surface area contributed by atoms with Crippen LogP contribution < -0.4 is 10.1 Å². The van der Waals surface area contributed by atoms with Crippen LogP contribution in [-0.4, -0.2) is 78.6 Å². The number of likely N-dealkylation sites (tertiary alicyclic amines) is 1. The number of aliphatic imine (C=N–C) groups is 2. The maximum Gasteiger partial charge on any atom is 0.329 e. The number of aromatic hydroxyl groups is 1. The number of phenols is 1. The summed E-state index contributed by atoms with van der Waals surface area (Å²) in [4.78, 5) is 50.1. The standard InChI is InChI=1S/C32H44N4O6/c1-21(34-23(3)22(2)33-4)17-19-42-32(40)26-12-9-18-36(26)31(39)30(25-10-7-6-8-11-25)35-29(38)16-14-24-13-15-27(37)28(20-24)41-5/h13-17,20,25-26,30,37H,6-12,18-19H2,1-5H3,(H,35,38)/b16-14+,21-17+,33-22?,34-23?. The third kappa shape index (κ3) is 9.03. The Balaban J connectivity index is 1.69. The number of ether oxygens (including phenoxy) is 2. The van der Waals surface area contributed by atoms with Crippen LogP contribution in [-0.2, 0) is 19.1 Å². The van der Waals surface area contributed by atoms with Crippen LogP contribution in [0.3, 0.4) is 0 Å². The van der Waals surface area contributed by atoms with E-state index in [0.717, 1.165) is 43.5 Å². The number of allylic oxidation sites excluding steroid dienone is 1. The van der Waals surface area contributed by atoms with Crippen LogP contribution >= 0.6 is 0 Å². The number of carbonyl (C=O) groups excluding carboxylic acids is 3. The van der Waals surface area contributed by atoms with Crippen LogP contribution in [0.4, 0.5) is 0 Å². The number of hydrogen-bond donors (Lipinski definition) is 2. The fourth-order valence-electron chi connectivity index (χ4n) is 5.37. The van der Waals surface area contributed by atoms with Gasteiger partial charge in [0.05, 0.1) is 18.5 Å². The highest BCUT2D eigenvalue weighted by Crippen LogP contribution is 2.30. The van der Waals surface area contributed by atoms with Gasteiger partial charge in [-0.25, -0.2) is 4.79 Å². The molecule has 0 bridgehead atoms. The number of nitrogens with zero attached hydrogens (tertiary/aromatic N) is 3. The zero-order chi connectivity index (χ0) is 30.6. The van der Waals surface area contributed by atoms with Crippen molar-refractivity contribution in [3.63, 3.8) is 0 Å². The largest absolute Gasteiger partial charge is 0.504 e. The minimum atomic E-state index is -0.729. The number of methoxy groups -OCH3 is 1. The van der Waals surface area contributed by atoms with Gasteiger partial charge in [-0.1, -0.05) is 25.3 Å². The molecule has 2 fully saturated rings. The van der Waals surface area contributed by atoms with E-state index in [1.54, 1.807) is 36.2 Å². The van der Waals surface area contributed by atoms with Gasteiger partial charge in [0.2, 0.25) is 11.8 Å². The first kappa shape index (κ1) is 32.6. The molecular formula is C32H44N4O6. The molecule has 0 radical (unpaired) electrons. The first-order valence-corrected chi connectivity index (χ1v) is 14.6. The molecule has 2 atom stereocenters. The third-order valence-electron chi connectivity index (χ3n) is 7.93. The number of benzene rings is 1. The second kappa shape index (κ2) is 15.9. The molecule has 3 rings (SSSR count). The summed E-state index contributed by atoms with van der Waals surface area (Å²) in [7, 11) is 3.16. The summed E-state index contributed by atoms with van der Waals surface area (Å²) in [5.41, 5.74) is 3.00. The van der Waals surface area contributed by atoms with Gasteiger partial charge in [0.25, 0.3) is 0 Å². The predicted octanol–water partition coefficient (Wildman–Crippen LogP) is 4.47. The number of nitrogens with one attached hydrogen (secondary N) is 1. The molecule has 10 heteroatoms. The average Bonchev–Trinajstić information content (AvgIpc) is 3.49. The second-order valence-corrected chi connectivity index (χ2v) is 10.8. The van der Waals surface area contributed by atoms with Crippen molar-refractivity contribution in [1.82, 2.24) is 10.2 Å². The van der Waals surface area contributed by atoms with Gasteiger partial charge in [-0.15, -0.1) is 0 Å². The van der Waals surface area contributed by atoms with E-state index in [-0.39, 0.29) is 24.2 Å². The fraction of sp³-hybridized carbons (Fsp3) is 0.531. The van der Waals surface area contributed by atoms with E-state index in [4.69, 9.17) is 9.47 Å². The van der Waals surface area contributed by atoms with Gasteiger partial charge in [0, 0.05) is 25.4 Å². The Hall–Kier alpha value is -3.95. The molecule has 1 saturated heterocycles. The van der Waals surface area contributed by atoms with Crippen molar-refractivity contribution in [2.75, 3.05) is 27.3 Å². The van der Waals surface area contributed by atoms with Crippen LogP contribution in [0.1, 0.15) is 71.3 Å². The molecule has 42 heavy (non-hydrogen) atoms. The third-order valence-corrected chi connectivity index (χ3v) is 7.93. The lowest BCUT2D eigenvalue weighted by atomic mass is 9.83. The molecule has 0 spiro atoms. The quantitative estimate of drug-likeness (QED) is 0.226. The first-order chi connectivity index (χ1) is 20.1. The van der Waals surface area contributed by atoms with Crippen LogP contribution in [0.2, 0.25) is 0 Å². The highest BCUT2D eigenvalue weighted by atomic mass is 16.5. The number of phenolic OH excluding ortho intramolecular Hbond substituents is 1. The van der Waals surface area contributed by atoms with E-state index in [1.807, 2.05) is 20.8 Å². The molecule has 1 heterocycles. The Bertz CT molecular complexity index is 1250. The van der Waals surface area contributed by atoms with Crippen molar-refractivity contribution in [3.8, 4) is 11.5 Å². The highest BCUT2D eigenvalue weighted by molar-refractivity contribution is 6.40. The van der Waals surface area contributed by atoms with Crippen LogP contribution in [0.25, 0.3) is 6.08 Å². The monoisotopic (exact) mass is 580 g/mol. The molecule has 228 valence electrons. The zero-order valence-corrected chi connectivity index (χ0v) is 25.4. The normalized spacial score (nSPS) is 19.6. The smallest absolute Gasteiger partial charge is 0.329 e. The van der Waals surface area contributed by atoms with E-state index >= 15 is 0 Å². The summed E-state index contributed by atoms with van der Waals surface area (Å²) in [5, 5.41) is 12.8. The maximum absolute atomic E-state index is 13.9. The Labute approximate surface area is 248 Å².